The van der Waals surface area contributed by atoms with Crippen molar-refractivity contribution in [2.45, 2.75) is 25.9 Å². The van der Waals surface area contributed by atoms with Gasteiger partial charge in [-0.25, -0.2) is 0 Å². The minimum atomic E-state index is 0.119. The molecule has 3 heteroatoms. The predicted octanol–water partition coefficient (Wildman–Crippen LogP) is 2.86. The molecule has 98 valence electrons. The standard InChI is InChI=1S/C15H22N2O/c1-15(2,16-3)11-17(4)9-12-10-18-14-8-6-5-7-13(12)14/h5-8,10,16H,9,11H2,1-4H3. The van der Waals surface area contributed by atoms with E-state index in [0.717, 1.165) is 18.7 Å². The number of nitrogens with zero attached hydrogens (tertiary/aromatic N) is 1. The lowest BCUT2D eigenvalue weighted by atomic mass is 10.1. The van der Waals surface area contributed by atoms with Crippen LogP contribution in [0.1, 0.15) is 19.4 Å². The lowest BCUT2D eigenvalue weighted by molar-refractivity contribution is 0.238. The molecular formula is C15H22N2O. The van der Waals surface area contributed by atoms with Crippen LogP contribution in [-0.2, 0) is 6.54 Å². The Kier molecular flexibility index (Phi) is 3.73. The highest BCUT2D eigenvalue weighted by Gasteiger charge is 2.18. The van der Waals surface area contributed by atoms with Gasteiger partial charge in [-0.15, -0.1) is 0 Å². The van der Waals surface area contributed by atoms with E-state index in [2.05, 4.69) is 43.2 Å². The zero-order valence-corrected chi connectivity index (χ0v) is 11.7. The van der Waals surface area contributed by atoms with Crippen molar-refractivity contribution in [1.82, 2.24) is 10.2 Å². The van der Waals surface area contributed by atoms with Crippen LogP contribution in [0.15, 0.2) is 34.9 Å². The molecule has 0 saturated heterocycles. The summed E-state index contributed by atoms with van der Waals surface area (Å²) < 4.78 is 5.56. The molecule has 1 N–H and O–H groups in total. The minimum Gasteiger partial charge on any atom is -0.464 e. The lowest BCUT2D eigenvalue weighted by Gasteiger charge is -2.29. The number of likely N-dealkylation sites (N-methyl/N-ethyl adjacent to an activating group) is 2. The van der Waals surface area contributed by atoms with Gasteiger partial charge >= 0.3 is 0 Å². The number of furan rings is 1. The van der Waals surface area contributed by atoms with Crippen molar-refractivity contribution in [1.29, 1.82) is 0 Å². The SMILES string of the molecule is CNC(C)(C)CN(C)Cc1coc2ccccc12. The number of fused-ring (bicyclic) bond motifs is 1. The Morgan fingerprint density at radius 2 is 2.00 bits per heavy atom. The van der Waals surface area contributed by atoms with Crippen molar-refractivity contribution in [3.63, 3.8) is 0 Å². The van der Waals surface area contributed by atoms with Crippen LogP contribution in [0.3, 0.4) is 0 Å². The summed E-state index contributed by atoms with van der Waals surface area (Å²) in [5, 5.41) is 4.54. The highest BCUT2D eigenvalue weighted by Crippen LogP contribution is 2.22. The molecule has 0 atom stereocenters. The molecule has 0 fully saturated rings. The van der Waals surface area contributed by atoms with Crippen LogP contribution in [0.5, 0.6) is 0 Å². The second kappa shape index (κ2) is 5.12. The van der Waals surface area contributed by atoms with E-state index in [1.54, 1.807) is 0 Å². The van der Waals surface area contributed by atoms with E-state index in [1.165, 1.54) is 10.9 Å². The molecule has 2 aromatic rings. The van der Waals surface area contributed by atoms with Crippen molar-refractivity contribution in [2.75, 3.05) is 20.6 Å². The van der Waals surface area contributed by atoms with Crippen LogP contribution >= 0.6 is 0 Å². The molecule has 0 bridgehead atoms. The first kappa shape index (κ1) is 13.1. The van der Waals surface area contributed by atoms with Gasteiger partial charge in [-0.3, -0.25) is 0 Å². The van der Waals surface area contributed by atoms with E-state index < -0.39 is 0 Å². The molecule has 18 heavy (non-hydrogen) atoms. The summed E-state index contributed by atoms with van der Waals surface area (Å²) in [7, 11) is 4.14. The molecular weight excluding hydrogens is 224 g/mol. The predicted molar refractivity (Wildman–Crippen MR) is 75.7 cm³/mol. The maximum absolute atomic E-state index is 5.56. The molecule has 0 saturated carbocycles. The zero-order chi connectivity index (χ0) is 13.2. The Labute approximate surface area is 109 Å². The number of rotatable bonds is 5. The summed E-state index contributed by atoms with van der Waals surface area (Å²) in [6, 6.07) is 8.18. The highest BCUT2D eigenvalue weighted by molar-refractivity contribution is 5.80. The molecule has 2 rings (SSSR count). The van der Waals surface area contributed by atoms with Gasteiger partial charge in [-0.05, 0) is 34.0 Å². The maximum atomic E-state index is 5.56. The van der Waals surface area contributed by atoms with E-state index in [0.29, 0.717) is 0 Å². The minimum absolute atomic E-state index is 0.119. The van der Waals surface area contributed by atoms with Crippen molar-refractivity contribution in [2.24, 2.45) is 0 Å². The average Bonchev–Trinajstić information content (AvgIpc) is 2.72. The molecule has 0 spiro atoms. The maximum Gasteiger partial charge on any atom is 0.134 e. The van der Waals surface area contributed by atoms with Gasteiger partial charge in [-0.1, -0.05) is 18.2 Å². The fourth-order valence-electron chi connectivity index (χ4n) is 2.26. The third-order valence-corrected chi connectivity index (χ3v) is 3.34. The normalized spacial score (nSPS) is 12.5. The summed E-state index contributed by atoms with van der Waals surface area (Å²) in [5.74, 6) is 0. The number of hydrogen-bond donors (Lipinski definition) is 1. The molecule has 0 radical (unpaired) electrons. The van der Waals surface area contributed by atoms with Gasteiger partial charge in [-0.2, -0.15) is 0 Å². The van der Waals surface area contributed by atoms with E-state index >= 15 is 0 Å². The van der Waals surface area contributed by atoms with Gasteiger partial charge in [0.05, 0.1) is 6.26 Å². The summed E-state index contributed by atoms with van der Waals surface area (Å²) >= 11 is 0. The van der Waals surface area contributed by atoms with Crippen molar-refractivity contribution < 1.29 is 4.42 Å². The molecule has 0 aliphatic rings. The van der Waals surface area contributed by atoms with Crippen molar-refractivity contribution >= 4 is 11.0 Å². The van der Waals surface area contributed by atoms with E-state index in [9.17, 15) is 0 Å². The molecule has 0 amide bonds. The van der Waals surface area contributed by atoms with E-state index in [-0.39, 0.29) is 5.54 Å². The van der Waals surface area contributed by atoms with E-state index in [1.807, 2.05) is 25.4 Å². The van der Waals surface area contributed by atoms with Crippen LogP contribution in [0.2, 0.25) is 0 Å². The van der Waals surface area contributed by atoms with Crippen LogP contribution in [-0.4, -0.2) is 31.1 Å². The fourth-order valence-corrected chi connectivity index (χ4v) is 2.26. The zero-order valence-electron chi connectivity index (χ0n) is 11.7. The van der Waals surface area contributed by atoms with Gasteiger partial charge in [0.1, 0.15) is 5.58 Å². The Bertz CT molecular complexity index is 516. The molecule has 1 heterocycles. The summed E-state index contributed by atoms with van der Waals surface area (Å²) in [6.45, 7) is 6.30. The number of hydrogen-bond acceptors (Lipinski definition) is 3. The first-order chi connectivity index (χ1) is 8.52. The Balaban J connectivity index is 2.09. The second-order valence-corrected chi connectivity index (χ2v) is 5.56. The third-order valence-electron chi connectivity index (χ3n) is 3.34. The molecule has 0 aliphatic carbocycles. The van der Waals surface area contributed by atoms with Crippen LogP contribution in [0.4, 0.5) is 0 Å². The van der Waals surface area contributed by atoms with Gasteiger partial charge in [0.25, 0.3) is 0 Å². The fraction of sp³-hybridized carbons (Fsp3) is 0.467. The second-order valence-electron chi connectivity index (χ2n) is 5.56. The number of para-hydroxylation sites is 1. The van der Waals surface area contributed by atoms with E-state index in [4.69, 9.17) is 4.42 Å². The molecule has 3 nitrogen and oxygen atoms in total. The van der Waals surface area contributed by atoms with Gasteiger partial charge in [0, 0.05) is 29.6 Å². The van der Waals surface area contributed by atoms with Crippen molar-refractivity contribution in [3.8, 4) is 0 Å². The topological polar surface area (TPSA) is 28.4 Å². The van der Waals surface area contributed by atoms with Crippen LogP contribution in [0.25, 0.3) is 11.0 Å². The third kappa shape index (κ3) is 2.92. The Morgan fingerprint density at radius 1 is 1.28 bits per heavy atom. The summed E-state index contributed by atoms with van der Waals surface area (Å²) in [6.07, 6.45) is 1.87. The monoisotopic (exact) mass is 246 g/mol. The quantitative estimate of drug-likeness (QED) is 0.879. The first-order valence-electron chi connectivity index (χ1n) is 6.34. The summed E-state index contributed by atoms with van der Waals surface area (Å²) in [5.41, 5.74) is 2.34. The molecule has 1 aromatic heterocycles. The Morgan fingerprint density at radius 3 is 2.72 bits per heavy atom. The van der Waals surface area contributed by atoms with Gasteiger partial charge < -0.3 is 14.6 Å². The molecule has 0 aliphatic heterocycles. The smallest absolute Gasteiger partial charge is 0.134 e. The molecule has 1 aromatic carbocycles. The average molecular weight is 246 g/mol. The number of nitrogens with one attached hydrogen (secondary N) is 1. The van der Waals surface area contributed by atoms with Crippen LogP contribution in [0, 0.1) is 0 Å². The Hall–Kier alpha value is -1.32. The molecule has 0 unspecified atom stereocenters. The summed E-state index contributed by atoms with van der Waals surface area (Å²) in [4.78, 5) is 2.31. The largest absolute Gasteiger partial charge is 0.464 e. The van der Waals surface area contributed by atoms with Gasteiger partial charge in [0.2, 0.25) is 0 Å². The van der Waals surface area contributed by atoms with Gasteiger partial charge in [0.15, 0.2) is 0 Å². The van der Waals surface area contributed by atoms with Crippen molar-refractivity contribution in [3.05, 3.63) is 36.1 Å². The first-order valence-corrected chi connectivity index (χ1v) is 6.34. The van der Waals surface area contributed by atoms with Crippen LogP contribution < -0.4 is 5.32 Å². The highest BCUT2D eigenvalue weighted by atomic mass is 16.3. The number of benzene rings is 1. The lowest BCUT2D eigenvalue weighted by Crippen LogP contribution is -2.46.